The number of epoxide rings is 1. The minimum atomic E-state index is 0. The van der Waals surface area contributed by atoms with Gasteiger partial charge in [-0.1, -0.05) is 22.3 Å². The van der Waals surface area contributed by atoms with Gasteiger partial charge < -0.3 is 15.6 Å². The summed E-state index contributed by atoms with van der Waals surface area (Å²) in [6.45, 7) is 3.04. The Balaban J connectivity index is -0.0000000159. The van der Waals surface area contributed by atoms with Crippen molar-refractivity contribution in [2.24, 2.45) is 5.73 Å². The van der Waals surface area contributed by atoms with Gasteiger partial charge in [-0.3, -0.25) is 0 Å². The Hall–Kier alpha value is -0.120. The third-order valence-corrected chi connectivity index (χ3v) is 0.500. The van der Waals surface area contributed by atoms with Gasteiger partial charge in [0.2, 0.25) is 0 Å². The maximum absolute atomic E-state index is 7.00. The van der Waals surface area contributed by atoms with E-state index in [1.807, 2.05) is 0 Å². The minimum absolute atomic E-state index is 0. The molecular formula is C8H27NO2. The number of rotatable bonds is 0. The Kier molecular flexibility index (Phi) is 91.4. The molecule has 3 N–H and O–H groups in total. The molecule has 0 aromatic heterocycles. The molecule has 11 heavy (non-hydrogen) atoms. The van der Waals surface area contributed by atoms with Crippen molar-refractivity contribution < 1.29 is 9.84 Å². The van der Waals surface area contributed by atoms with E-state index in [1.54, 1.807) is 0 Å². The lowest BCUT2D eigenvalue weighted by atomic mass is 10.6. The predicted octanol–water partition coefficient (Wildman–Crippen LogP) is 1.50. The summed E-state index contributed by atoms with van der Waals surface area (Å²) >= 11 is 0. The van der Waals surface area contributed by atoms with E-state index >= 15 is 0 Å². The average Bonchev–Trinajstić information content (AvgIpc) is 2.62. The van der Waals surface area contributed by atoms with Crippen LogP contribution in [-0.2, 0) is 4.74 Å². The first-order valence-corrected chi connectivity index (χ1v) is 2.53. The third-order valence-electron chi connectivity index (χ3n) is 0.500. The van der Waals surface area contributed by atoms with Crippen molar-refractivity contribution in [2.45, 2.75) is 35.3 Å². The highest BCUT2D eigenvalue weighted by atomic mass is 16.6. The van der Waals surface area contributed by atoms with Crippen LogP contribution in [0, 0.1) is 0 Å². The van der Waals surface area contributed by atoms with Crippen molar-refractivity contribution in [3.63, 3.8) is 0 Å². The number of aliphatic hydroxyl groups is 1. The molecule has 0 spiro atoms. The molecule has 0 radical (unpaired) electrons. The number of nitrogens with two attached hydrogens (primary N) is 1. The molecule has 3 nitrogen and oxygen atoms in total. The molecule has 1 heterocycles. The summed E-state index contributed by atoms with van der Waals surface area (Å²) in [7, 11) is 2.50. The number of ether oxygens (including phenoxy) is 1. The summed E-state index contributed by atoms with van der Waals surface area (Å²) in [4.78, 5) is 0. The molecule has 0 bridgehead atoms. The van der Waals surface area contributed by atoms with E-state index in [0.29, 0.717) is 6.10 Å². The summed E-state index contributed by atoms with van der Waals surface area (Å²) in [6.07, 6.45) is 0.583. The molecule has 0 aromatic rings. The van der Waals surface area contributed by atoms with Gasteiger partial charge >= 0.3 is 0 Å². The second-order valence-electron chi connectivity index (χ2n) is 1.14. The fourth-order valence-corrected chi connectivity index (χ4v) is 0.0962. The summed E-state index contributed by atoms with van der Waals surface area (Å²) in [5, 5.41) is 7.00. The van der Waals surface area contributed by atoms with Crippen LogP contribution in [0.4, 0.5) is 0 Å². The van der Waals surface area contributed by atoms with Gasteiger partial charge in [0.1, 0.15) is 0 Å². The lowest BCUT2D eigenvalue weighted by molar-refractivity contribution is 0.399. The summed E-state index contributed by atoms with van der Waals surface area (Å²) in [6, 6.07) is 0. The van der Waals surface area contributed by atoms with Crippen LogP contribution >= 0.6 is 0 Å². The smallest absolute Gasteiger partial charge is 0.0781 e. The molecule has 1 atom stereocenters. The van der Waals surface area contributed by atoms with Gasteiger partial charge in [-0.05, 0) is 14.0 Å². The van der Waals surface area contributed by atoms with Crippen molar-refractivity contribution in [1.29, 1.82) is 0 Å². The van der Waals surface area contributed by atoms with Crippen molar-refractivity contribution in [2.75, 3.05) is 20.8 Å². The van der Waals surface area contributed by atoms with Gasteiger partial charge in [-0.2, -0.15) is 0 Å². The van der Waals surface area contributed by atoms with E-state index in [-0.39, 0.29) is 22.3 Å². The van der Waals surface area contributed by atoms with Crippen LogP contribution in [-0.4, -0.2) is 32.0 Å². The fraction of sp³-hybridized carbons (Fsp3) is 1.00. The van der Waals surface area contributed by atoms with Crippen molar-refractivity contribution in [3.05, 3.63) is 0 Å². The van der Waals surface area contributed by atoms with E-state index in [2.05, 4.69) is 12.7 Å². The van der Waals surface area contributed by atoms with Gasteiger partial charge in [-0.15, -0.1) is 0 Å². The Morgan fingerprint density at radius 1 is 1.18 bits per heavy atom. The number of hydrogen-bond acceptors (Lipinski definition) is 3. The molecule has 76 valence electrons. The van der Waals surface area contributed by atoms with E-state index < -0.39 is 0 Å². The van der Waals surface area contributed by atoms with Gasteiger partial charge in [0, 0.05) is 7.11 Å². The predicted molar refractivity (Wildman–Crippen MR) is 53.9 cm³/mol. The SMILES string of the molecule is C.C.C.CC1CO1.CN.CO. The second kappa shape index (κ2) is 32.7. The normalized spacial score (nSPS) is 15.5. The summed E-state index contributed by atoms with van der Waals surface area (Å²) in [5.74, 6) is 0. The molecule has 0 aromatic carbocycles. The lowest BCUT2D eigenvalue weighted by Gasteiger charge is -1.50. The van der Waals surface area contributed by atoms with Crippen molar-refractivity contribution >= 4 is 0 Å². The lowest BCUT2D eigenvalue weighted by Crippen LogP contribution is -1.69. The van der Waals surface area contributed by atoms with Crippen LogP contribution in [0.25, 0.3) is 0 Å². The second-order valence-corrected chi connectivity index (χ2v) is 1.14. The van der Waals surface area contributed by atoms with Crippen LogP contribution in [0.5, 0.6) is 0 Å². The maximum Gasteiger partial charge on any atom is 0.0781 e. The Morgan fingerprint density at radius 2 is 1.27 bits per heavy atom. The van der Waals surface area contributed by atoms with E-state index in [0.717, 1.165) is 13.7 Å². The van der Waals surface area contributed by atoms with E-state index in [1.165, 1.54) is 7.05 Å². The molecule has 0 aliphatic carbocycles. The Labute approximate surface area is 72.6 Å². The van der Waals surface area contributed by atoms with Crippen LogP contribution in [0.2, 0.25) is 0 Å². The third kappa shape index (κ3) is 74.0. The molecule has 1 unspecified atom stereocenters. The zero-order chi connectivity index (χ0) is 6.99. The van der Waals surface area contributed by atoms with Gasteiger partial charge in [0.15, 0.2) is 0 Å². The molecule has 1 saturated heterocycles. The molecule has 3 heteroatoms. The van der Waals surface area contributed by atoms with Crippen molar-refractivity contribution in [3.8, 4) is 0 Å². The highest BCUT2D eigenvalue weighted by Crippen LogP contribution is 2.04. The molecule has 1 fully saturated rings. The average molecular weight is 169 g/mol. The van der Waals surface area contributed by atoms with Crippen LogP contribution in [0.1, 0.15) is 29.2 Å². The maximum atomic E-state index is 7.00. The zero-order valence-electron chi connectivity index (χ0n) is 5.72. The minimum Gasteiger partial charge on any atom is -0.400 e. The molecular weight excluding hydrogens is 142 g/mol. The molecule has 1 rings (SSSR count). The Bertz CT molecular complexity index is 31.3. The van der Waals surface area contributed by atoms with E-state index in [4.69, 9.17) is 9.84 Å². The van der Waals surface area contributed by atoms with Crippen LogP contribution in [0.3, 0.4) is 0 Å². The first-order chi connectivity index (χ1) is 3.89. The number of aliphatic hydroxyl groups excluding tert-OH is 1. The van der Waals surface area contributed by atoms with Gasteiger partial charge in [0.25, 0.3) is 0 Å². The van der Waals surface area contributed by atoms with E-state index in [9.17, 15) is 0 Å². The fourth-order valence-electron chi connectivity index (χ4n) is 0.0962. The number of hydrogen-bond donors (Lipinski definition) is 2. The van der Waals surface area contributed by atoms with Crippen molar-refractivity contribution in [1.82, 2.24) is 0 Å². The molecule has 1 aliphatic rings. The summed E-state index contributed by atoms with van der Waals surface area (Å²) < 4.78 is 4.71. The first kappa shape index (κ1) is 30.7. The highest BCUT2D eigenvalue weighted by molar-refractivity contribution is 4.58. The standard InChI is InChI=1S/C3H6O.CH5N.CH4O.3CH4/c1-3-2-4-3;2*1-2;;;/h3H,2H2,1H3;2H2,1H3;2H,1H3;3*1H4. The monoisotopic (exact) mass is 169 g/mol. The van der Waals surface area contributed by atoms with Gasteiger partial charge in [0.05, 0.1) is 12.7 Å². The first-order valence-electron chi connectivity index (χ1n) is 2.53. The Morgan fingerprint density at radius 3 is 1.27 bits per heavy atom. The molecule has 1 aliphatic heterocycles. The quantitative estimate of drug-likeness (QED) is 0.540. The van der Waals surface area contributed by atoms with Crippen LogP contribution in [0.15, 0.2) is 0 Å². The largest absolute Gasteiger partial charge is 0.400 e. The van der Waals surface area contributed by atoms with Gasteiger partial charge in [-0.25, -0.2) is 0 Å². The van der Waals surface area contributed by atoms with Crippen LogP contribution < -0.4 is 5.73 Å². The molecule has 0 amide bonds. The topological polar surface area (TPSA) is 58.8 Å². The highest BCUT2D eigenvalue weighted by Gasteiger charge is 2.13. The molecule has 0 saturated carbocycles. The zero-order valence-corrected chi connectivity index (χ0v) is 5.72. The summed E-state index contributed by atoms with van der Waals surface area (Å²) in [5.41, 5.74) is 4.50.